The van der Waals surface area contributed by atoms with E-state index in [9.17, 15) is 0 Å². The molecule has 1 aromatic rings. The Labute approximate surface area is 111 Å². The van der Waals surface area contributed by atoms with Gasteiger partial charge in [-0.2, -0.15) is 0 Å². The summed E-state index contributed by atoms with van der Waals surface area (Å²) in [6.45, 7) is 10.5. The smallest absolute Gasteiger partial charge is 0.0447 e. The number of hydrogen-bond donors (Lipinski definition) is 2. The molecule has 0 saturated heterocycles. The summed E-state index contributed by atoms with van der Waals surface area (Å²) in [5.74, 6) is 0. The first-order valence-electron chi connectivity index (χ1n) is 6.89. The van der Waals surface area contributed by atoms with Crippen molar-refractivity contribution in [3.8, 4) is 0 Å². The Bertz CT molecular complexity index is 352. The highest BCUT2D eigenvalue weighted by atomic mass is 16.3. The summed E-state index contributed by atoms with van der Waals surface area (Å²) in [4.78, 5) is 2.32. The van der Waals surface area contributed by atoms with Crippen LogP contribution in [0, 0.1) is 6.92 Å². The van der Waals surface area contributed by atoms with Crippen LogP contribution >= 0.6 is 0 Å². The molecule has 0 atom stereocenters. The SMILES string of the molecule is CCNCc1ccc(N(CC)CCCO)c(C)c1. The zero-order valence-corrected chi connectivity index (χ0v) is 11.9. The van der Waals surface area contributed by atoms with E-state index in [1.807, 2.05) is 0 Å². The van der Waals surface area contributed by atoms with Gasteiger partial charge in [0.1, 0.15) is 0 Å². The van der Waals surface area contributed by atoms with E-state index < -0.39 is 0 Å². The van der Waals surface area contributed by atoms with E-state index in [2.05, 4.69) is 49.2 Å². The molecule has 0 unspecified atom stereocenters. The van der Waals surface area contributed by atoms with Gasteiger partial charge in [0.25, 0.3) is 0 Å². The van der Waals surface area contributed by atoms with E-state index in [0.717, 1.165) is 32.6 Å². The Morgan fingerprint density at radius 1 is 1.28 bits per heavy atom. The van der Waals surface area contributed by atoms with Gasteiger partial charge in [0, 0.05) is 31.9 Å². The van der Waals surface area contributed by atoms with Gasteiger partial charge in [0.05, 0.1) is 0 Å². The topological polar surface area (TPSA) is 35.5 Å². The van der Waals surface area contributed by atoms with E-state index in [0.29, 0.717) is 0 Å². The van der Waals surface area contributed by atoms with Gasteiger partial charge >= 0.3 is 0 Å². The summed E-state index contributed by atoms with van der Waals surface area (Å²) in [7, 11) is 0. The van der Waals surface area contributed by atoms with Crippen molar-refractivity contribution in [1.29, 1.82) is 0 Å². The fraction of sp³-hybridized carbons (Fsp3) is 0.600. The lowest BCUT2D eigenvalue weighted by atomic mass is 10.1. The van der Waals surface area contributed by atoms with E-state index >= 15 is 0 Å². The second-order valence-corrected chi connectivity index (χ2v) is 4.56. The number of rotatable bonds is 8. The standard InChI is InChI=1S/C15H26N2O/c1-4-16-12-14-7-8-15(13(3)11-14)17(5-2)9-6-10-18/h7-8,11,16,18H,4-6,9-10,12H2,1-3H3. The Hall–Kier alpha value is -1.06. The molecule has 0 saturated carbocycles. The first-order chi connectivity index (χ1) is 8.72. The van der Waals surface area contributed by atoms with E-state index in [1.54, 1.807) is 0 Å². The minimum absolute atomic E-state index is 0.258. The van der Waals surface area contributed by atoms with Gasteiger partial charge in [-0.05, 0) is 44.0 Å². The predicted octanol–water partition coefficient (Wildman–Crippen LogP) is 2.31. The lowest BCUT2D eigenvalue weighted by Gasteiger charge is -2.25. The monoisotopic (exact) mass is 250 g/mol. The molecule has 0 amide bonds. The zero-order chi connectivity index (χ0) is 13.4. The minimum atomic E-state index is 0.258. The van der Waals surface area contributed by atoms with E-state index in [-0.39, 0.29) is 6.61 Å². The van der Waals surface area contributed by atoms with Gasteiger partial charge in [-0.25, -0.2) is 0 Å². The molecule has 2 N–H and O–H groups in total. The fourth-order valence-corrected chi connectivity index (χ4v) is 2.16. The van der Waals surface area contributed by atoms with Crippen LogP contribution in [0.15, 0.2) is 18.2 Å². The molecule has 0 heterocycles. The Morgan fingerprint density at radius 3 is 2.61 bits per heavy atom. The second-order valence-electron chi connectivity index (χ2n) is 4.56. The summed E-state index contributed by atoms with van der Waals surface area (Å²) in [6.07, 6.45) is 0.826. The number of anilines is 1. The van der Waals surface area contributed by atoms with Crippen LogP contribution in [0.3, 0.4) is 0 Å². The van der Waals surface area contributed by atoms with Gasteiger partial charge in [-0.3, -0.25) is 0 Å². The van der Waals surface area contributed by atoms with Crippen LogP contribution in [0.2, 0.25) is 0 Å². The fourth-order valence-electron chi connectivity index (χ4n) is 2.16. The third-order valence-electron chi connectivity index (χ3n) is 3.15. The van der Waals surface area contributed by atoms with Crippen molar-refractivity contribution in [3.63, 3.8) is 0 Å². The van der Waals surface area contributed by atoms with Crippen molar-refractivity contribution in [2.45, 2.75) is 33.7 Å². The van der Waals surface area contributed by atoms with E-state index in [4.69, 9.17) is 5.11 Å². The summed E-state index contributed by atoms with van der Waals surface area (Å²) in [5, 5.41) is 12.3. The molecule has 1 rings (SSSR count). The molecule has 18 heavy (non-hydrogen) atoms. The van der Waals surface area contributed by atoms with Gasteiger partial charge in [-0.15, -0.1) is 0 Å². The maximum atomic E-state index is 8.93. The van der Waals surface area contributed by atoms with Crippen LogP contribution in [0.5, 0.6) is 0 Å². The number of aliphatic hydroxyl groups is 1. The first kappa shape index (κ1) is 15.0. The summed E-state index contributed by atoms with van der Waals surface area (Å²) in [5.41, 5.74) is 3.92. The molecule has 1 aromatic carbocycles. The minimum Gasteiger partial charge on any atom is -0.396 e. The lowest BCUT2D eigenvalue weighted by molar-refractivity contribution is 0.289. The molecule has 3 heteroatoms. The molecule has 0 aliphatic heterocycles. The quantitative estimate of drug-likeness (QED) is 0.743. The first-order valence-corrected chi connectivity index (χ1v) is 6.89. The average Bonchev–Trinajstić information content (AvgIpc) is 2.39. The lowest BCUT2D eigenvalue weighted by Crippen LogP contribution is -2.25. The molecule has 0 bridgehead atoms. The van der Waals surface area contributed by atoms with Gasteiger partial charge in [0.15, 0.2) is 0 Å². The zero-order valence-electron chi connectivity index (χ0n) is 11.9. The molecule has 102 valence electrons. The van der Waals surface area contributed by atoms with Crippen LogP contribution in [-0.4, -0.2) is 31.3 Å². The third kappa shape index (κ3) is 4.31. The maximum absolute atomic E-state index is 8.93. The number of hydrogen-bond acceptors (Lipinski definition) is 3. The second kappa shape index (κ2) is 8.11. The predicted molar refractivity (Wildman–Crippen MR) is 78.1 cm³/mol. The summed E-state index contributed by atoms with van der Waals surface area (Å²) < 4.78 is 0. The van der Waals surface area contributed by atoms with Crippen molar-refractivity contribution >= 4 is 5.69 Å². The normalized spacial score (nSPS) is 10.7. The van der Waals surface area contributed by atoms with Crippen LogP contribution in [0.4, 0.5) is 5.69 Å². The van der Waals surface area contributed by atoms with Gasteiger partial charge < -0.3 is 15.3 Å². The molecular weight excluding hydrogens is 224 g/mol. The van der Waals surface area contributed by atoms with Crippen LogP contribution in [-0.2, 0) is 6.54 Å². The summed E-state index contributed by atoms with van der Waals surface area (Å²) in [6, 6.07) is 6.63. The largest absolute Gasteiger partial charge is 0.396 e. The molecule has 0 spiro atoms. The van der Waals surface area contributed by atoms with Crippen molar-refractivity contribution in [2.75, 3.05) is 31.1 Å². The van der Waals surface area contributed by atoms with Gasteiger partial charge in [0.2, 0.25) is 0 Å². The third-order valence-corrected chi connectivity index (χ3v) is 3.15. The summed E-state index contributed by atoms with van der Waals surface area (Å²) >= 11 is 0. The van der Waals surface area contributed by atoms with Crippen molar-refractivity contribution in [2.24, 2.45) is 0 Å². The number of aliphatic hydroxyl groups excluding tert-OH is 1. The van der Waals surface area contributed by atoms with Crippen LogP contribution in [0.25, 0.3) is 0 Å². The van der Waals surface area contributed by atoms with Gasteiger partial charge in [-0.1, -0.05) is 19.1 Å². The van der Waals surface area contributed by atoms with Crippen molar-refractivity contribution in [3.05, 3.63) is 29.3 Å². The highest BCUT2D eigenvalue weighted by Crippen LogP contribution is 2.21. The molecule has 0 aromatic heterocycles. The Morgan fingerprint density at radius 2 is 2.06 bits per heavy atom. The number of aryl methyl sites for hydroxylation is 1. The Balaban J connectivity index is 2.75. The van der Waals surface area contributed by atoms with Crippen molar-refractivity contribution < 1.29 is 5.11 Å². The molecule has 0 radical (unpaired) electrons. The number of nitrogens with one attached hydrogen (secondary N) is 1. The molecule has 0 aliphatic carbocycles. The van der Waals surface area contributed by atoms with Crippen molar-refractivity contribution in [1.82, 2.24) is 5.32 Å². The number of nitrogens with zero attached hydrogens (tertiary/aromatic N) is 1. The molecule has 0 fully saturated rings. The number of benzene rings is 1. The molecule has 3 nitrogen and oxygen atoms in total. The molecule has 0 aliphatic rings. The maximum Gasteiger partial charge on any atom is 0.0447 e. The van der Waals surface area contributed by atoms with E-state index in [1.165, 1.54) is 16.8 Å². The van der Waals surface area contributed by atoms with Crippen LogP contribution in [0.1, 0.15) is 31.4 Å². The average molecular weight is 250 g/mol. The highest BCUT2D eigenvalue weighted by molar-refractivity contribution is 5.54. The molecular formula is C15H26N2O. The van der Waals surface area contributed by atoms with Crippen LogP contribution < -0.4 is 10.2 Å². The Kier molecular flexibility index (Phi) is 6.76. The highest BCUT2D eigenvalue weighted by Gasteiger charge is 2.07.